The molecule has 0 aromatic heterocycles. The average Bonchev–Trinajstić information content (AvgIpc) is 2.80. The summed E-state index contributed by atoms with van der Waals surface area (Å²) in [6.07, 6.45) is 6.14. The van der Waals surface area contributed by atoms with Crippen molar-refractivity contribution in [2.45, 2.75) is 31.7 Å². The molecule has 0 aromatic carbocycles. The SMILES string of the molecule is CN1CCN([C@H]2C[C@H]3CC[C@H]2C3)CC1. The maximum absolute atomic E-state index is 2.78. The maximum Gasteiger partial charge on any atom is 0.0127 e. The first-order chi connectivity index (χ1) is 6.83. The lowest BCUT2D eigenvalue weighted by molar-refractivity contribution is 0.0826. The Hall–Kier alpha value is -0.0800. The van der Waals surface area contributed by atoms with Gasteiger partial charge in [-0.25, -0.2) is 0 Å². The third-order valence-corrected chi connectivity index (χ3v) is 4.71. The number of hydrogen-bond acceptors (Lipinski definition) is 2. The minimum absolute atomic E-state index is 0.974. The van der Waals surface area contributed by atoms with Gasteiger partial charge in [-0.3, -0.25) is 4.90 Å². The summed E-state index contributed by atoms with van der Waals surface area (Å²) in [5.74, 6) is 2.17. The number of fused-ring (bicyclic) bond motifs is 2. The fraction of sp³-hybridized carbons (Fsp3) is 1.00. The molecule has 2 bridgehead atoms. The summed E-state index contributed by atoms with van der Waals surface area (Å²) in [4.78, 5) is 5.24. The number of likely N-dealkylation sites (N-methyl/N-ethyl adjacent to an activating group) is 1. The molecule has 1 aliphatic heterocycles. The Morgan fingerprint density at radius 2 is 1.71 bits per heavy atom. The fourth-order valence-electron chi connectivity index (χ4n) is 3.81. The number of rotatable bonds is 1. The predicted octanol–water partition coefficient (Wildman–Crippen LogP) is 1.42. The molecule has 0 aromatic rings. The van der Waals surface area contributed by atoms with Crippen LogP contribution in [0.2, 0.25) is 0 Å². The van der Waals surface area contributed by atoms with Crippen LogP contribution in [0.1, 0.15) is 25.7 Å². The quantitative estimate of drug-likeness (QED) is 0.623. The zero-order valence-electron chi connectivity index (χ0n) is 9.28. The highest BCUT2D eigenvalue weighted by atomic mass is 15.3. The molecule has 2 heteroatoms. The molecule has 0 spiro atoms. The molecule has 0 unspecified atom stereocenters. The van der Waals surface area contributed by atoms with Gasteiger partial charge in [0.05, 0.1) is 0 Å². The van der Waals surface area contributed by atoms with Gasteiger partial charge in [0.1, 0.15) is 0 Å². The first-order valence-corrected chi connectivity index (χ1v) is 6.25. The Kier molecular flexibility index (Phi) is 2.29. The van der Waals surface area contributed by atoms with Crippen molar-refractivity contribution in [3.8, 4) is 0 Å². The molecular formula is C12H22N2. The van der Waals surface area contributed by atoms with Crippen LogP contribution in [0.4, 0.5) is 0 Å². The Morgan fingerprint density at radius 3 is 2.29 bits per heavy atom. The summed E-state index contributed by atoms with van der Waals surface area (Å²) in [5.41, 5.74) is 0. The normalized spacial score (nSPS) is 44.8. The molecule has 3 aliphatic rings. The molecular weight excluding hydrogens is 172 g/mol. The zero-order valence-corrected chi connectivity index (χ0v) is 9.28. The second-order valence-corrected chi connectivity index (χ2v) is 5.58. The molecule has 1 saturated heterocycles. The van der Waals surface area contributed by atoms with Crippen LogP contribution in [0.15, 0.2) is 0 Å². The summed E-state index contributed by atoms with van der Waals surface area (Å²) in [5, 5.41) is 0. The molecule has 3 rings (SSSR count). The molecule has 3 atom stereocenters. The topological polar surface area (TPSA) is 6.48 Å². The predicted molar refractivity (Wildman–Crippen MR) is 58.3 cm³/mol. The first-order valence-electron chi connectivity index (χ1n) is 6.25. The monoisotopic (exact) mass is 194 g/mol. The summed E-state index contributed by atoms with van der Waals surface area (Å²) in [7, 11) is 2.25. The van der Waals surface area contributed by atoms with Crippen molar-refractivity contribution >= 4 is 0 Å². The average molecular weight is 194 g/mol. The second kappa shape index (κ2) is 3.49. The van der Waals surface area contributed by atoms with Gasteiger partial charge in [0.15, 0.2) is 0 Å². The van der Waals surface area contributed by atoms with Gasteiger partial charge < -0.3 is 4.90 Å². The summed E-state index contributed by atoms with van der Waals surface area (Å²) in [6.45, 7) is 5.22. The van der Waals surface area contributed by atoms with E-state index in [0.717, 1.165) is 17.9 Å². The van der Waals surface area contributed by atoms with E-state index < -0.39 is 0 Å². The van der Waals surface area contributed by atoms with Crippen molar-refractivity contribution in [1.82, 2.24) is 9.80 Å². The molecule has 0 N–H and O–H groups in total. The van der Waals surface area contributed by atoms with E-state index in [4.69, 9.17) is 0 Å². The Morgan fingerprint density at radius 1 is 0.929 bits per heavy atom. The molecule has 14 heavy (non-hydrogen) atoms. The van der Waals surface area contributed by atoms with Crippen LogP contribution in [0, 0.1) is 11.8 Å². The first kappa shape index (κ1) is 9.17. The second-order valence-electron chi connectivity index (χ2n) is 5.58. The summed E-state index contributed by atoms with van der Waals surface area (Å²) < 4.78 is 0. The highest BCUT2D eigenvalue weighted by molar-refractivity contribution is 4.96. The van der Waals surface area contributed by atoms with Crippen LogP contribution >= 0.6 is 0 Å². The molecule has 2 aliphatic carbocycles. The molecule has 80 valence electrons. The lowest BCUT2D eigenvalue weighted by Gasteiger charge is -2.39. The van der Waals surface area contributed by atoms with Crippen LogP contribution in [0.25, 0.3) is 0 Å². The zero-order chi connectivity index (χ0) is 9.54. The fourth-order valence-corrected chi connectivity index (χ4v) is 3.81. The Labute approximate surface area is 87.3 Å². The molecule has 2 saturated carbocycles. The Balaban J connectivity index is 1.61. The van der Waals surface area contributed by atoms with Gasteiger partial charge in [0, 0.05) is 32.2 Å². The van der Waals surface area contributed by atoms with Crippen LogP contribution in [-0.2, 0) is 0 Å². The molecule has 3 fully saturated rings. The lowest BCUT2D eigenvalue weighted by atomic mass is 9.93. The van der Waals surface area contributed by atoms with E-state index >= 15 is 0 Å². The van der Waals surface area contributed by atoms with Crippen molar-refractivity contribution in [3.05, 3.63) is 0 Å². The number of hydrogen-bond donors (Lipinski definition) is 0. The van der Waals surface area contributed by atoms with Gasteiger partial charge in [0.25, 0.3) is 0 Å². The van der Waals surface area contributed by atoms with Crippen LogP contribution in [0.3, 0.4) is 0 Å². The highest BCUT2D eigenvalue weighted by Crippen LogP contribution is 2.46. The standard InChI is InChI=1S/C12H22N2/c1-13-4-6-14(7-5-13)12-9-10-2-3-11(12)8-10/h10-12H,2-9H2,1H3/t10-,11-,12-/m0/s1. The van der Waals surface area contributed by atoms with Crippen molar-refractivity contribution in [3.63, 3.8) is 0 Å². The van der Waals surface area contributed by atoms with Gasteiger partial charge in [-0.1, -0.05) is 6.42 Å². The minimum atomic E-state index is 0.974. The van der Waals surface area contributed by atoms with Gasteiger partial charge in [-0.05, 0) is 38.1 Å². The van der Waals surface area contributed by atoms with E-state index in [1.165, 1.54) is 45.4 Å². The molecule has 0 amide bonds. The van der Waals surface area contributed by atoms with Crippen molar-refractivity contribution < 1.29 is 0 Å². The van der Waals surface area contributed by atoms with Crippen molar-refractivity contribution in [2.75, 3.05) is 33.2 Å². The molecule has 2 nitrogen and oxygen atoms in total. The van der Waals surface area contributed by atoms with Crippen molar-refractivity contribution in [1.29, 1.82) is 0 Å². The van der Waals surface area contributed by atoms with Gasteiger partial charge >= 0.3 is 0 Å². The smallest absolute Gasteiger partial charge is 0.0127 e. The summed E-state index contributed by atoms with van der Waals surface area (Å²) in [6, 6.07) is 0.974. The van der Waals surface area contributed by atoms with E-state index in [2.05, 4.69) is 16.8 Å². The highest BCUT2D eigenvalue weighted by Gasteiger charge is 2.42. The molecule has 1 heterocycles. The number of piperazine rings is 1. The van der Waals surface area contributed by atoms with E-state index in [9.17, 15) is 0 Å². The maximum atomic E-state index is 2.78. The van der Waals surface area contributed by atoms with E-state index in [1.54, 1.807) is 6.42 Å². The summed E-state index contributed by atoms with van der Waals surface area (Å²) >= 11 is 0. The molecule has 0 radical (unpaired) electrons. The third kappa shape index (κ3) is 1.49. The van der Waals surface area contributed by atoms with E-state index in [0.29, 0.717) is 0 Å². The van der Waals surface area contributed by atoms with Crippen LogP contribution in [0.5, 0.6) is 0 Å². The van der Waals surface area contributed by atoms with Crippen LogP contribution in [-0.4, -0.2) is 49.1 Å². The lowest BCUT2D eigenvalue weighted by Crippen LogP contribution is -2.50. The largest absolute Gasteiger partial charge is 0.304 e. The van der Waals surface area contributed by atoms with E-state index in [1.807, 2.05) is 0 Å². The number of nitrogens with zero attached hydrogens (tertiary/aromatic N) is 2. The van der Waals surface area contributed by atoms with Crippen molar-refractivity contribution in [2.24, 2.45) is 11.8 Å². The Bertz CT molecular complexity index is 208. The van der Waals surface area contributed by atoms with Gasteiger partial charge in [-0.2, -0.15) is 0 Å². The van der Waals surface area contributed by atoms with Gasteiger partial charge in [-0.15, -0.1) is 0 Å². The third-order valence-electron chi connectivity index (χ3n) is 4.71. The van der Waals surface area contributed by atoms with Crippen LogP contribution < -0.4 is 0 Å². The van der Waals surface area contributed by atoms with Gasteiger partial charge in [0.2, 0.25) is 0 Å². The minimum Gasteiger partial charge on any atom is -0.304 e. The van der Waals surface area contributed by atoms with E-state index in [-0.39, 0.29) is 0 Å².